The molecule has 0 saturated heterocycles. The lowest BCUT2D eigenvalue weighted by Gasteiger charge is -2.08. The molecule has 0 saturated carbocycles. The van der Waals surface area contributed by atoms with Gasteiger partial charge in [0.25, 0.3) is 5.91 Å². The number of carbonyl (C=O) groups is 1. The molecule has 0 aliphatic carbocycles. The van der Waals surface area contributed by atoms with Crippen molar-refractivity contribution in [2.45, 2.75) is 0 Å². The molecule has 2 aromatic heterocycles. The molecule has 6 nitrogen and oxygen atoms in total. The second kappa shape index (κ2) is 6.01. The van der Waals surface area contributed by atoms with Crippen LogP contribution in [0.5, 0.6) is 0 Å². The predicted octanol–water partition coefficient (Wildman–Crippen LogP) is 2.37. The highest BCUT2D eigenvalue weighted by atomic mass is 16.1. The monoisotopic (exact) mass is 291 g/mol. The molecule has 1 aromatic carbocycles. The van der Waals surface area contributed by atoms with E-state index in [1.807, 2.05) is 30.3 Å². The lowest BCUT2D eigenvalue weighted by atomic mass is 10.1. The number of aromatic nitrogens is 3. The van der Waals surface area contributed by atoms with Crippen molar-refractivity contribution in [2.75, 3.05) is 11.1 Å². The quantitative estimate of drug-likeness (QED) is 0.772. The van der Waals surface area contributed by atoms with Crippen molar-refractivity contribution in [3.63, 3.8) is 0 Å². The Balaban J connectivity index is 1.91. The number of anilines is 2. The molecule has 0 fully saturated rings. The van der Waals surface area contributed by atoms with E-state index in [1.54, 1.807) is 30.7 Å². The summed E-state index contributed by atoms with van der Waals surface area (Å²) in [5, 5.41) is 2.72. The van der Waals surface area contributed by atoms with E-state index in [0.29, 0.717) is 11.4 Å². The van der Waals surface area contributed by atoms with Crippen LogP contribution in [0.1, 0.15) is 10.5 Å². The lowest BCUT2D eigenvalue weighted by Crippen LogP contribution is -2.17. The molecule has 0 aliphatic heterocycles. The summed E-state index contributed by atoms with van der Waals surface area (Å²) in [5.41, 5.74) is 7.95. The predicted molar refractivity (Wildman–Crippen MR) is 84.1 cm³/mol. The summed E-state index contributed by atoms with van der Waals surface area (Å²) in [6.45, 7) is 0. The fraction of sp³-hybridized carbons (Fsp3) is 0. The molecule has 1 amide bonds. The van der Waals surface area contributed by atoms with Gasteiger partial charge in [-0.2, -0.15) is 0 Å². The Bertz CT molecular complexity index is 790. The molecule has 3 aromatic rings. The van der Waals surface area contributed by atoms with Crippen LogP contribution in [-0.4, -0.2) is 20.9 Å². The van der Waals surface area contributed by atoms with Crippen LogP contribution in [0.15, 0.2) is 61.1 Å². The van der Waals surface area contributed by atoms with Gasteiger partial charge in [-0.15, -0.1) is 0 Å². The minimum absolute atomic E-state index is 0.0891. The molecule has 0 atom stereocenters. The maximum absolute atomic E-state index is 12.3. The number of benzene rings is 1. The van der Waals surface area contributed by atoms with Crippen LogP contribution < -0.4 is 11.1 Å². The van der Waals surface area contributed by atoms with Crippen molar-refractivity contribution >= 4 is 17.4 Å². The summed E-state index contributed by atoms with van der Waals surface area (Å²) in [7, 11) is 0. The topological polar surface area (TPSA) is 93.8 Å². The van der Waals surface area contributed by atoms with Gasteiger partial charge in [0.05, 0.1) is 11.9 Å². The number of nitrogen functional groups attached to an aromatic ring is 1. The highest BCUT2D eigenvalue weighted by Gasteiger charge is 2.14. The number of nitrogens with two attached hydrogens (primary N) is 1. The maximum atomic E-state index is 12.3. The standard InChI is InChI=1S/C16H13N5O/c17-15-14(16(22)20-12-6-8-18-9-7-12)21-13(10-19-15)11-4-2-1-3-5-11/h1-10H,(H2,17,19)(H,18,20,22). The van der Waals surface area contributed by atoms with Gasteiger partial charge in [0.1, 0.15) is 0 Å². The summed E-state index contributed by atoms with van der Waals surface area (Å²) in [6.07, 6.45) is 4.73. The van der Waals surface area contributed by atoms with Gasteiger partial charge in [0.2, 0.25) is 0 Å². The van der Waals surface area contributed by atoms with E-state index >= 15 is 0 Å². The van der Waals surface area contributed by atoms with Gasteiger partial charge in [-0.25, -0.2) is 9.97 Å². The first-order chi connectivity index (χ1) is 10.7. The van der Waals surface area contributed by atoms with Crippen molar-refractivity contribution < 1.29 is 4.79 Å². The molecule has 108 valence electrons. The van der Waals surface area contributed by atoms with Gasteiger partial charge in [-0.3, -0.25) is 9.78 Å². The SMILES string of the molecule is Nc1ncc(-c2ccccc2)nc1C(=O)Nc1ccncc1. The molecule has 0 bridgehead atoms. The summed E-state index contributed by atoms with van der Waals surface area (Å²) < 4.78 is 0. The molecule has 3 rings (SSSR count). The fourth-order valence-corrected chi connectivity index (χ4v) is 1.94. The first-order valence-electron chi connectivity index (χ1n) is 6.63. The van der Waals surface area contributed by atoms with Gasteiger partial charge in [0.15, 0.2) is 11.5 Å². The molecule has 0 unspecified atom stereocenters. The number of nitrogens with zero attached hydrogens (tertiary/aromatic N) is 3. The van der Waals surface area contributed by atoms with Crippen LogP contribution in [0, 0.1) is 0 Å². The number of hydrogen-bond donors (Lipinski definition) is 2. The van der Waals surface area contributed by atoms with Crippen molar-refractivity contribution in [1.29, 1.82) is 0 Å². The highest BCUT2D eigenvalue weighted by Crippen LogP contribution is 2.18. The Morgan fingerprint density at radius 1 is 1.05 bits per heavy atom. The van der Waals surface area contributed by atoms with E-state index < -0.39 is 5.91 Å². The number of pyridine rings is 1. The molecule has 3 N–H and O–H groups in total. The van der Waals surface area contributed by atoms with E-state index in [2.05, 4.69) is 20.3 Å². The molecule has 22 heavy (non-hydrogen) atoms. The van der Waals surface area contributed by atoms with Gasteiger partial charge in [0, 0.05) is 23.6 Å². The van der Waals surface area contributed by atoms with Crippen LogP contribution in [0.2, 0.25) is 0 Å². The molecule has 2 heterocycles. The van der Waals surface area contributed by atoms with Gasteiger partial charge >= 0.3 is 0 Å². The van der Waals surface area contributed by atoms with Crippen LogP contribution in [0.25, 0.3) is 11.3 Å². The average Bonchev–Trinajstić information content (AvgIpc) is 2.57. The minimum atomic E-state index is -0.408. The van der Waals surface area contributed by atoms with E-state index in [1.165, 1.54) is 0 Å². The third-order valence-corrected chi connectivity index (χ3v) is 3.02. The van der Waals surface area contributed by atoms with E-state index in [9.17, 15) is 4.79 Å². The Morgan fingerprint density at radius 2 is 1.77 bits per heavy atom. The molecule has 0 aliphatic rings. The highest BCUT2D eigenvalue weighted by molar-refractivity contribution is 6.05. The molecule has 0 spiro atoms. The van der Waals surface area contributed by atoms with Gasteiger partial charge in [-0.1, -0.05) is 30.3 Å². The van der Waals surface area contributed by atoms with Crippen LogP contribution in [0.4, 0.5) is 11.5 Å². The van der Waals surface area contributed by atoms with Crippen LogP contribution in [-0.2, 0) is 0 Å². The van der Waals surface area contributed by atoms with Crippen LogP contribution in [0.3, 0.4) is 0 Å². The zero-order valence-corrected chi connectivity index (χ0v) is 11.6. The first kappa shape index (κ1) is 13.7. The first-order valence-corrected chi connectivity index (χ1v) is 6.63. The molecule has 6 heteroatoms. The third-order valence-electron chi connectivity index (χ3n) is 3.02. The number of amides is 1. The summed E-state index contributed by atoms with van der Waals surface area (Å²) in [4.78, 5) is 24.6. The summed E-state index contributed by atoms with van der Waals surface area (Å²) in [5.74, 6) is -0.319. The Hall–Kier alpha value is -3.28. The smallest absolute Gasteiger partial charge is 0.278 e. The number of hydrogen-bond acceptors (Lipinski definition) is 5. The van der Waals surface area contributed by atoms with Crippen LogP contribution >= 0.6 is 0 Å². The molecule has 0 radical (unpaired) electrons. The van der Waals surface area contributed by atoms with Crippen molar-refractivity contribution in [2.24, 2.45) is 0 Å². The van der Waals surface area contributed by atoms with Crippen molar-refractivity contribution in [3.8, 4) is 11.3 Å². The Kier molecular flexibility index (Phi) is 3.74. The lowest BCUT2D eigenvalue weighted by molar-refractivity contribution is 0.102. The second-order valence-corrected chi connectivity index (χ2v) is 4.55. The minimum Gasteiger partial charge on any atom is -0.382 e. The maximum Gasteiger partial charge on any atom is 0.278 e. The number of nitrogens with one attached hydrogen (secondary N) is 1. The number of carbonyl (C=O) groups excluding carboxylic acids is 1. The largest absolute Gasteiger partial charge is 0.382 e. The summed E-state index contributed by atoms with van der Waals surface area (Å²) >= 11 is 0. The van der Waals surface area contributed by atoms with Crippen molar-refractivity contribution in [3.05, 3.63) is 66.7 Å². The van der Waals surface area contributed by atoms with E-state index in [4.69, 9.17) is 5.73 Å². The summed E-state index contributed by atoms with van der Waals surface area (Å²) in [6, 6.07) is 12.8. The van der Waals surface area contributed by atoms with E-state index in [-0.39, 0.29) is 11.5 Å². The zero-order chi connectivity index (χ0) is 15.4. The number of rotatable bonds is 3. The average molecular weight is 291 g/mol. The second-order valence-electron chi connectivity index (χ2n) is 4.55. The van der Waals surface area contributed by atoms with Gasteiger partial charge in [-0.05, 0) is 12.1 Å². The Morgan fingerprint density at radius 3 is 2.50 bits per heavy atom. The molecular formula is C16H13N5O. The fourth-order valence-electron chi connectivity index (χ4n) is 1.94. The van der Waals surface area contributed by atoms with Crippen molar-refractivity contribution in [1.82, 2.24) is 15.0 Å². The third kappa shape index (κ3) is 2.90. The van der Waals surface area contributed by atoms with Gasteiger partial charge < -0.3 is 11.1 Å². The Labute approximate surface area is 127 Å². The molecular weight excluding hydrogens is 278 g/mol. The van der Waals surface area contributed by atoms with E-state index in [0.717, 1.165) is 5.56 Å². The zero-order valence-electron chi connectivity index (χ0n) is 11.6. The normalized spacial score (nSPS) is 10.2.